The number of amides is 4. The summed E-state index contributed by atoms with van der Waals surface area (Å²) >= 11 is 0. The van der Waals surface area contributed by atoms with Crippen molar-refractivity contribution in [3.63, 3.8) is 0 Å². The van der Waals surface area contributed by atoms with Gasteiger partial charge in [-0.1, -0.05) is 18.2 Å². The van der Waals surface area contributed by atoms with Gasteiger partial charge >= 0.3 is 6.09 Å². The fourth-order valence-electron chi connectivity index (χ4n) is 3.08. The van der Waals surface area contributed by atoms with Crippen LogP contribution in [0.3, 0.4) is 0 Å². The predicted octanol–water partition coefficient (Wildman–Crippen LogP) is 2.59. The SMILES string of the molecule is COCCOC(=O)Nc1cccc(NC(=O)CCC(=O)N2CC(=O)Nc3ccccc32)c1. The fourth-order valence-corrected chi connectivity index (χ4v) is 3.08. The number of hydrogen-bond acceptors (Lipinski definition) is 6. The molecular formula is C22H24N4O6. The molecule has 0 saturated carbocycles. The summed E-state index contributed by atoms with van der Waals surface area (Å²) in [6, 6.07) is 13.5. The van der Waals surface area contributed by atoms with E-state index in [1.807, 2.05) is 0 Å². The number of nitrogens with zero attached hydrogens (tertiary/aromatic N) is 1. The highest BCUT2D eigenvalue weighted by molar-refractivity contribution is 6.10. The average Bonchev–Trinajstić information content (AvgIpc) is 2.77. The minimum absolute atomic E-state index is 0.0583. The molecule has 0 radical (unpaired) electrons. The third kappa shape index (κ3) is 6.29. The second kappa shape index (κ2) is 10.9. The normalized spacial score (nSPS) is 12.4. The van der Waals surface area contributed by atoms with Crippen LogP contribution in [0.4, 0.5) is 27.5 Å². The van der Waals surface area contributed by atoms with Crippen LogP contribution >= 0.6 is 0 Å². The molecule has 3 N–H and O–H groups in total. The lowest BCUT2D eigenvalue weighted by molar-refractivity contribution is -0.124. The Morgan fingerprint density at radius 2 is 1.75 bits per heavy atom. The van der Waals surface area contributed by atoms with E-state index in [-0.39, 0.29) is 50.3 Å². The van der Waals surface area contributed by atoms with Gasteiger partial charge in [0, 0.05) is 31.3 Å². The van der Waals surface area contributed by atoms with Crippen LogP contribution in [0.2, 0.25) is 0 Å². The molecule has 168 valence electrons. The van der Waals surface area contributed by atoms with Crippen LogP contribution < -0.4 is 20.9 Å². The maximum atomic E-state index is 12.6. The van der Waals surface area contributed by atoms with E-state index in [0.29, 0.717) is 22.7 Å². The number of nitrogens with one attached hydrogen (secondary N) is 3. The Morgan fingerprint density at radius 1 is 1.00 bits per heavy atom. The molecule has 0 spiro atoms. The first-order chi connectivity index (χ1) is 15.5. The number of carbonyl (C=O) groups excluding carboxylic acids is 4. The van der Waals surface area contributed by atoms with Crippen LogP contribution in [0.25, 0.3) is 0 Å². The summed E-state index contributed by atoms with van der Waals surface area (Å²) in [4.78, 5) is 49.9. The van der Waals surface area contributed by atoms with Crippen LogP contribution in [-0.2, 0) is 23.9 Å². The van der Waals surface area contributed by atoms with Gasteiger partial charge in [0.15, 0.2) is 0 Å². The van der Waals surface area contributed by atoms with Gasteiger partial charge in [-0.05, 0) is 30.3 Å². The summed E-state index contributed by atoms with van der Waals surface area (Å²) in [6.45, 7) is 0.317. The largest absolute Gasteiger partial charge is 0.447 e. The molecule has 32 heavy (non-hydrogen) atoms. The van der Waals surface area contributed by atoms with Crippen molar-refractivity contribution in [2.24, 2.45) is 0 Å². The van der Waals surface area contributed by atoms with Gasteiger partial charge in [-0.15, -0.1) is 0 Å². The first kappa shape index (κ1) is 22.8. The van der Waals surface area contributed by atoms with Crippen molar-refractivity contribution in [3.05, 3.63) is 48.5 Å². The molecule has 2 aromatic carbocycles. The lowest BCUT2D eigenvalue weighted by Crippen LogP contribution is -2.42. The third-order valence-electron chi connectivity index (χ3n) is 4.55. The van der Waals surface area contributed by atoms with Gasteiger partial charge in [-0.25, -0.2) is 4.79 Å². The highest BCUT2D eigenvalue weighted by Crippen LogP contribution is 2.29. The molecule has 4 amide bonds. The van der Waals surface area contributed by atoms with E-state index in [0.717, 1.165) is 0 Å². The number of carbonyl (C=O) groups is 4. The second-order valence-electron chi connectivity index (χ2n) is 6.93. The highest BCUT2D eigenvalue weighted by atomic mass is 16.6. The number of ether oxygens (including phenoxy) is 2. The Kier molecular flexibility index (Phi) is 7.76. The number of rotatable bonds is 8. The Morgan fingerprint density at radius 3 is 2.53 bits per heavy atom. The molecular weight excluding hydrogens is 416 g/mol. The van der Waals surface area contributed by atoms with Gasteiger partial charge in [0.25, 0.3) is 0 Å². The molecule has 0 saturated heterocycles. The number of para-hydroxylation sites is 2. The summed E-state index contributed by atoms with van der Waals surface area (Å²) in [6.07, 6.45) is -0.755. The molecule has 10 nitrogen and oxygen atoms in total. The predicted molar refractivity (Wildman–Crippen MR) is 119 cm³/mol. The van der Waals surface area contributed by atoms with E-state index in [9.17, 15) is 19.2 Å². The molecule has 0 atom stereocenters. The molecule has 0 bridgehead atoms. The molecule has 2 aromatic rings. The molecule has 3 rings (SSSR count). The Hall–Kier alpha value is -3.92. The van der Waals surface area contributed by atoms with Gasteiger partial charge in [0.2, 0.25) is 17.7 Å². The van der Waals surface area contributed by atoms with E-state index in [4.69, 9.17) is 9.47 Å². The monoisotopic (exact) mass is 440 g/mol. The van der Waals surface area contributed by atoms with Crippen molar-refractivity contribution in [2.75, 3.05) is 47.7 Å². The molecule has 1 aliphatic heterocycles. The zero-order valence-electron chi connectivity index (χ0n) is 17.6. The summed E-state index contributed by atoms with van der Waals surface area (Å²) in [5.74, 6) is -0.976. The van der Waals surface area contributed by atoms with E-state index in [2.05, 4.69) is 16.0 Å². The van der Waals surface area contributed by atoms with Crippen LogP contribution in [0.15, 0.2) is 48.5 Å². The molecule has 10 heteroatoms. The van der Waals surface area contributed by atoms with E-state index < -0.39 is 6.09 Å². The van der Waals surface area contributed by atoms with Crippen LogP contribution in [0, 0.1) is 0 Å². The number of benzene rings is 2. The Labute approximate surface area is 184 Å². The zero-order valence-corrected chi connectivity index (χ0v) is 17.6. The maximum absolute atomic E-state index is 12.6. The lowest BCUT2D eigenvalue weighted by atomic mass is 10.1. The number of methoxy groups -OCH3 is 1. The van der Waals surface area contributed by atoms with Crippen molar-refractivity contribution >= 4 is 46.6 Å². The van der Waals surface area contributed by atoms with E-state index >= 15 is 0 Å². The molecule has 0 aromatic heterocycles. The standard InChI is InChI=1S/C22H24N4O6/c1-31-11-12-32-22(30)24-16-6-4-5-15(13-16)23-19(27)9-10-21(29)26-14-20(28)25-17-7-2-3-8-18(17)26/h2-8,13H,9-12,14H2,1H3,(H,23,27)(H,24,30)(H,25,28). The minimum atomic E-state index is -0.637. The van der Waals surface area contributed by atoms with E-state index in [1.165, 1.54) is 12.0 Å². The van der Waals surface area contributed by atoms with Crippen molar-refractivity contribution in [3.8, 4) is 0 Å². The van der Waals surface area contributed by atoms with Gasteiger partial charge in [0.05, 0.1) is 18.0 Å². The number of anilines is 4. The Balaban J connectivity index is 1.51. The van der Waals surface area contributed by atoms with Gasteiger partial charge in [-0.3, -0.25) is 19.7 Å². The highest BCUT2D eigenvalue weighted by Gasteiger charge is 2.26. The summed E-state index contributed by atoms with van der Waals surface area (Å²) < 4.78 is 9.74. The van der Waals surface area contributed by atoms with Crippen molar-refractivity contribution in [1.82, 2.24) is 0 Å². The molecule has 1 aliphatic rings. The Bertz CT molecular complexity index is 1010. The third-order valence-corrected chi connectivity index (χ3v) is 4.55. The zero-order chi connectivity index (χ0) is 22.9. The van der Waals surface area contributed by atoms with Crippen molar-refractivity contribution in [1.29, 1.82) is 0 Å². The van der Waals surface area contributed by atoms with Crippen molar-refractivity contribution < 1.29 is 28.7 Å². The van der Waals surface area contributed by atoms with Crippen LogP contribution in [-0.4, -0.2) is 50.7 Å². The van der Waals surface area contributed by atoms with Crippen molar-refractivity contribution in [2.45, 2.75) is 12.8 Å². The molecule has 0 aliphatic carbocycles. The molecule has 1 heterocycles. The van der Waals surface area contributed by atoms with Crippen LogP contribution in [0.1, 0.15) is 12.8 Å². The minimum Gasteiger partial charge on any atom is -0.447 e. The average molecular weight is 440 g/mol. The van der Waals surface area contributed by atoms with Gasteiger partial charge < -0.3 is 25.0 Å². The van der Waals surface area contributed by atoms with E-state index in [1.54, 1.807) is 48.5 Å². The fraction of sp³-hybridized carbons (Fsp3) is 0.273. The lowest BCUT2D eigenvalue weighted by Gasteiger charge is -2.29. The summed E-state index contributed by atoms with van der Waals surface area (Å²) in [7, 11) is 1.50. The molecule has 0 unspecified atom stereocenters. The molecule has 0 fully saturated rings. The smallest absolute Gasteiger partial charge is 0.411 e. The topological polar surface area (TPSA) is 126 Å². The van der Waals surface area contributed by atoms with Gasteiger partial charge in [0.1, 0.15) is 13.2 Å². The summed E-state index contributed by atoms with van der Waals surface area (Å²) in [5.41, 5.74) is 2.07. The first-order valence-electron chi connectivity index (χ1n) is 9.98. The quantitative estimate of drug-likeness (QED) is 0.542. The maximum Gasteiger partial charge on any atom is 0.411 e. The second-order valence-corrected chi connectivity index (χ2v) is 6.93. The van der Waals surface area contributed by atoms with Gasteiger partial charge in [-0.2, -0.15) is 0 Å². The number of fused-ring (bicyclic) bond motifs is 1. The van der Waals surface area contributed by atoms with Crippen LogP contribution in [0.5, 0.6) is 0 Å². The summed E-state index contributed by atoms with van der Waals surface area (Å²) in [5, 5.41) is 7.97. The first-order valence-corrected chi connectivity index (χ1v) is 9.98. The number of hydrogen-bond donors (Lipinski definition) is 3.